The Morgan fingerprint density at radius 1 is 1.30 bits per heavy atom. The molecular formula is C18H24N2O3. The lowest BCUT2D eigenvalue weighted by atomic mass is 10.1. The van der Waals surface area contributed by atoms with Crippen LogP contribution in [0.4, 0.5) is 4.79 Å². The zero-order valence-corrected chi connectivity index (χ0v) is 14.2. The molecule has 0 bridgehead atoms. The van der Waals surface area contributed by atoms with Crippen molar-refractivity contribution in [3.05, 3.63) is 48.0 Å². The second-order valence-corrected chi connectivity index (χ2v) is 6.69. The van der Waals surface area contributed by atoms with Gasteiger partial charge < -0.3 is 9.64 Å². The lowest BCUT2D eigenvalue weighted by Crippen LogP contribution is -2.51. The van der Waals surface area contributed by atoms with Crippen LogP contribution < -0.4 is 0 Å². The van der Waals surface area contributed by atoms with Crippen molar-refractivity contribution in [2.75, 3.05) is 13.6 Å². The molecule has 5 nitrogen and oxygen atoms in total. The number of ether oxygens (including phenoxy) is 1. The normalized spacial score (nSPS) is 18.0. The second-order valence-electron chi connectivity index (χ2n) is 6.69. The van der Waals surface area contributed by atoms with Gasteiger partial charge in [-0.05, 0) is 26.3 Å². The second kappa shape index (κ2) is 6.86. The van der Waals surface area contributed by atoms with Gasteiger partial charge in [0, 0.05) is 13.6 Å². The van der Waals surface area contributed by atoms with E-state index in [0.717, 1.165) is 5.56 Å². The van der Waals surface area contributed by atoms with E-state index in [1.165, 1.54) is 4.90 Å². The Labute approximate surface area is 137 Å². The molecular weight excluding hydrogens is 292 g/mol. The minimum absolute atomic E-state index is 0.103. The molecule has 0 radical (unpaired) electrons. The van der Waals surface area contributed by atoms with Crippen LogP contribution in [-0.4, -0.2) is 47.0 Å². The molecule has 0 fully saturated rings. The summed E-state index contributed by atoms with van der Waals surface area (Å²) in [6.07, 6.45) is 3.18. The van der Waals surface area contributed by atoms with Gasteiger partial charge in [-0.3, -0.25) is 9.69 Å². The van der Waals surface area contributed by atoms with Crippen LogP contribution in [0.1, 0.15) is 26.3 Å². The van der Waals surface area contributed by atoms with Gasteiger partial charge in [0.2, 0.25) is 5.91 Å². The molecule has 2 amide bonds. The predicted molar refractivity (Wildman–Crippen MR) is 88.8 cm³/mol. The summed E-state index contributed by atoms with van der Waals surface area (Å²) >= 11 is 0. The van der Waals surface area contributed by atoms with Crippen LogP contribution in [0.5, 0.6) is 0 Å². The van der Waals surface area contributed by atoms with Crippen molar-refractivity contribution in [2.24, 2.45) is 0 Å². The summed E-state index contributed by atoms with van der Waals surface area (Å²) in [7, 11) is 1.73. The summed E-state index contributed by atoms with van der Waals surface area (Å²) in [5.74, 6) is -0.103. The first kappa shape index (κ1) is 17.1. The minimum atomic E-state index is -0.635. The summed E-state index contributed by atoms with van der Waals surface area (Å²) in [6, 6.07) is 8.96. The fraction of sp³-hybridized carbons (Fsp3) is 0.444. The van der Waals surface area contributed by atoms with E-state index in [2.05, 4.69) is 0 Å². The molecule has 1 aromatic rings. The lowest BCUT2D eigenvalue weighted by molar-refractivity contribution is -0.134. The van der Waals surface area contributed by atoms with E-state index in [0.29, 0.717) is 13.1 Å². The highest BCUT2D eigenvalue weighted by Gasteiger charge is 2.34. The van der Waals surface area contributed by atoms with Crippen LogP contribution in [0.15, 0.2) is 42.5 Å². The number of hydrogen-bond acceptors (Lipinski definition) is 3. The molecule has 2 rings (SSSR count). The Balaban J connectivity index is 2.27. The molecule has 0 N–H and O–H groups in total. The van der Waals surface area contributed by atoms with Gasteiger partial charge in [0.25, 0.3) is 0 Å². The maximum atomic E-state index is 12.6. The molecule has 1 atom stereocenters. The molecule has 1 aliphatic heterocycles. The number of nitrogens with zero attached hydrogens (tertiary/aromatic N) is 2. The van der Waals surface area contributed by atoms with Gasteiger partial charge in [0.05, 0.1) is 6.54 Å². The van der Waals surface area contributed by atoms with Crippen LogP contribution >= 0.6 is 0 Å². The Morgan fingerprint density at radius 2 is 1.96 bits per heavy atom. The summed E-state index contributed by atoms with van der Waals surface area (Å²) < 4.78 is 5.49. The Hall–Kier alpha value is -2.30. The molecule has 1 aromatic carbocycles. The average molecular weight is 316 g/mol. The van der Waals surface area contributed by atoms with Crippen molar-refractivity contribution in [2.45, 2.75) is 39.0 Å². The largest absolute Gasteiger partial charge is 0.444 e. The van der Waals surface area contributed by atoms with Crippen molar-refractivity contribution in [1.82, 2.24) is 9.80 Å². The van der Waals surface area contributed by atoms with Crippen molar-refractivity contribution < 1.29 is 14.3 Å². The number of rotatable bonds is 3. The SMILES string of the molecule is CN1CC=CC(N(Cc2ccccc2)C(=O)OC(C)(C)C)C1=O. The zero-order chi connectivity index (χ0) is 17.0. The van der Waals surface area contributed by atoms with Crippen molar-refractivity contribution in [3.63, 3.8) is 0 Å². The summed E-state index contributed by atoms with van der Waals surface area (Å²) in [4.78, 5) is 28.2. The summed E-state index contributed by atoms with van der Waals surface area (Å²) in [5, 5.41) is 0. The average Bonchev–Trinajstić information content (AvgIpc) is 2.47. The number of likely N-dealkylation sites (N-methyl/N-ethyl adjacent to an activating group) is 1. The molecule has 0 saturated heterocycles. The van der Waals surface area contributed by atoms with Gasteiger partial charge in [-0.2, -0.15) is 0 Å². The first-order chi connectivity index (χ1) is 10.8. The van der Waals surface area contributed by atoms with Gasteiger partial charge in [0.1, 0.15) is 11.6 Å². The van der Waals surface area contributed by atoms with E-state index in [1.807, 2.05) is 57.2 Å². The van der Waals surface area contributed by atoms with Crippen molar-refractivity contribution >= 4 is 12.0 Å². The van der Waals surface area contributed by atoms with E-state index in [-0.39, 0.29) is 5.91 Å². The number of carbonyl (C=O) groups is 2. The molecule has 0 spiro atoms. The first-order valence-electron chi connectivity index (χ1n) is 7.73. The monoisotopic (exact) mass is 316 g/mol. The van der Waals surface area contributed by atoms with Gasteiger partial charge in [0.15, 0.2) is 0 Å². The zero-order valence-electron chi connectivity index (χ0n) is 14.2. The molecule has 5 heteroatoms. The van der Waals surface area contributed by atoms with Crippen LogP contribution in [0.2, 0.25) is 0 Å². The molecule has 124 valence electrons. The third-order valence-electron chi connectivity index (χ3n) is 3.49. The molecule has 23 heavy (non-hydrogen) atoms. The Kier molecular flexibility index (Phi) is 5.08. The molecule has 0 aliphatic carbocycles. The summed E-state index contributed by atoms with van der Waals surface area (Å²) in [6.45, 7) is 6.33. The maximum Gasteiger partial charge on any atom is 0.411 e. The van der Waals surface area contributed by atoms with E-state index in [9.17, 15) is 9.59 Å². The van der Waals surface area contributed by atoms with Gasteiger partial charge in [-0.1, -0.05) is 42.5 Å². The number of benzene rings is 1. The van der Waals surface area contributed by atoms with Crippen LogP contribution in [-0.2, 0) is 16.1 Å². The number of carbonyl (C=O) groups excluding carboxylic acids is 2. The smallest absolute Gasteiger partial charge is 0.411 e. The van der Waals surface area contributed by atoms with E-state index in [4.69, 9.17) is 4.74 Å². The topological polar surface area (TPSA) is 49.9 Å². The number of amides is 2. The third kappa shape index (κ3) is 4.58. The fourth-order valence-corrected chi connectivity index (χ4v) is 2.36. The molecule has 1 heterocycles. The lowest BCUT2D eigenvalue weighted by Gasteiger charge is -2.35. The molecule has 0 aromatic heterocycles. The van der Waals surface area contributed by atoms with Crippen LogP contribution in [0.3, 0.4) is 0 Å². The van der Waals surface area contributed by atoms with E-state index >= 15 is 0 Å². The van der Waals surface area contributed by atoms with Crippen LogP contribution in [0.25, 0.3) is 0 Å². The summed E-state index contributed by atoms with van der Waals surface area (Å²) in [5.41, 5.74) is 0.340. The maximum absolute atomic E-state index is 12.6. The first-order valence-corrected chi connectivity index (χ1v) is 7.73. The van der Waals surface area contributed by atoms with E-state index < -0.39 is 17.7 Å². The highest BCUT2D eigenvalue weighted by molar-refractivity contribution is 5.88. The Bertz CT molecular complexity index is 590. The quantitative estimate of drug-likeness (QED) is 0.806. The fourth-order valence-electron chi connectivity index (χ4n) is 2.36. The Morgan fingerprint density at radius 3 is 2.57 bits per heavy atom. The minimum Gasteiger partial charge on any atom is -0.444 e. The molecule has 1 unspecified atom stereocenters. The standard InChI is InChI=1S/C18H24N2O3/c1-18(2,3)23-17(22)20(13-14-9-6-5-7-10-14)15-11-8-12-19(4)16(15)21/h5-11,15H,12-13H2,1-4H3. The highest BCUT2D eigenvalue weighted by atomic mass is 16.6. The number of hydrogen-bond donors (Lipinski definition) is 0. The van der Waals surface area contributed by atoms with Crippen molar-refractivity contribution in [3.8, 4) is 0 Å². The highest BCUT2D eigenvalue weighted by Crippen LogP contribution is 2.18. The van der Waals surface area contributed by atoms with E-state index in [1.54, 1.807) is 18.0 Å². The molecule has 1 aliphatic rings. The molecule has 0 saturated carbocycles. The van der Waals surface area contributed by atoms with Crippen molar-refractivity contribution in [1.29, 1.82) is 0 Å². The van der Waals surface area contributed by atoms with Gasteiger partial charge in [-0.15, -0.1) is 0 Å². The van der Waals surface area contributed by atoms with Crippen LogP contribution in [0, 0.1) is 0 Å². The predicted octanol–water partition coefficient (Wildman–Crippen LogP) is 2.82. The van der Waals surface area contributed by atoms with Gasteiger partial charge in [-0.25, -0.2) is 4.79 Å². The third-order valence-corrected chi connectivity index (χ3v) is 3.49. The van der Waals surface area contributed by atoms with Gasteiger partial charge >= 0.3 is 6.09 Å².